The molecule has 0 radical (unpaired) electrons. The van der Waals surface area contributed by atoms with Gasteiger partial charge < -0.3 is 124 Å². The van der Waals surface area contributed by atoms with Gasteiger partial charge in [-0.3, -0.25) is 86.3 Å². The minimum absolute atomic E-state index is 0.00365. The Balaban J connectivity index is 1.99. The van der Waals surface area contributed by atoms with Gasteiger partial charge in [0.2, 0.25) is 53.2 Å². The van der Waals surface area contributed by atoms with Crippen LogP contribution in [0, 0.1) is 0 Å². The van der Waals surface area contributed by atoms with Crippen molar-refractivity contribution in [2.24, 2.45) is 0 Å². The first-order valence-electron chi connectivity index (χ1n) is 38.7. The Hall–Kier alpha value is -9.82. The monoisotopic (exact) mass is 1680 g/mol. The lowest BCUT2D eigenvalue weighted by Crippen LogP contribution is -2.66. The first-order valence-corrected chi connectivity index (χ1v) is 38.7. The van der Waals surface area contributed by atoms with E-state index in [2.05, 4.69) is 47.9 Å². The highest BCUT2D eigenvalue weighted by molar-refractivity contribution is 5.80. The van der Waals surface area contributed by atoms with Gasteiger partial charge in [0.1, 0.15) is 50.2 Å². The highest BCUT2D eigenvalue weighted by Gasteiger charge is 2.53. The molecular weight excluding hydrogens is 1560 g/mol. The first-order chi connectivity index (χ1) is 55.3. The molecule has 15 atom stereocenters. The Morgan fingerprint density at radius 3 is 1.19 bits per heavy atom. The fourth-order valence-electron chi connectivity index (χ4n) is 11.9. The molecule has 0 aromatic rings. The number of aliphatic hydroxyl groups excluding tert-OH is 1. The van der Waals surface area contributed by atoms with Crippen molar-refractivity contribution >= 4 is 107 Å². The minimum atomic E-state index is -1.71. The summed E-state index contributed by atoms with van der Waals surface area (Å²) in [4.78, 5) is 225. The quantitative estimate of drug-likeness (QED) is 0.0166. The summed E-state index contributed by atoms with van der Waals surface area (Å²) < 4.78 is 77.1. The summed E-state index contributed by atoms with van der Waals surface area (Å²) in [5, 5.41) is 35.7. The molecule has 0 aliphatic carbocycles. The molecule has 0 aromatic heterocycles. The fraction of sp³-hybridized carbons (Fsp3) is 0.757. The van der Waals surface area contributed by atoms with Crippen molar-refractivity contribution in [1.82, 2.24) is 52.8 Å². The number of esters is 9. The van der Waals surface area contributed by atoms with Crippen molar-refractivity contribution in [1.29, 1.82) is 0 Å². The number of nitrogens with zero attached hydrogens (tertiary/aromatic N) is 1. The lowest BCUT2D eigenvalue weighted by atomic mass is 9.96. The largest absolute Gasteiger partial charge is 0.463 e. The summed E-state index contributed by atoms with van der Waals surface area (Å²) >= 11 is 0. The SMILES string of the molecule is CC(=O)NC1[C@H](OCCCC(=O)NCCCC(=O)NCCCNCCCN(CCCNC(=O)CCCNC(=O)CCO[C@H](C)C(NC(C)=O)[C@@H](OC(C)=O)[C@@H](OC(C)=O)C(O)COC(C)=O)C(=O)CCCNC(=O)CCO[C@@H]2OC(COC(C)=O)[C@H](OC(C)=O)[C@H](OC(C)=O)C2NC(C)=O)OC(COC(C)=O)[C@H](OC(C)=O)[C@@H]1OC(C)=O. The van der Waals surface area contributed by atoms with E-state index >= 15 is 0 Å². The van der Waals surface area contributed by atoms with Crippen molar-refractivity contribution in [3.63, 3.8) is 0 Å². The van der Waals surface area contributed by atoms with E-state index < -0.39 is 195 Å². The van der Waals surface area contributed by atoms with Crippen molar-refractivity contribution in [3.05, 3.63) is 0 Å². The molecule has 2 aliphatic heterocycles. The Kier molecular flexibility index (Phi) is 50.6. The summed E-state index contributed by atoms with van der Waals surface area (Å²) in [7, 11) is 0. The van der Waals surface area contributed by atoms with E-state index in [4.69, 9.17) is 66.3 Å². The average molecular weight is 1680 g/mol. The first kappa shape index (κ1) is 103. The van der Waals surface area contributed by atoms with Gasteiger partial charge in [-0.25, -0.2) is 0 Å². The van der Waals surface area contributed by atoms with Gasteiger partial charge in [-0.1, -0.05) is 0 Å². The van der Waals surface area contributed by atoms with E-state index in [1.54, 1.807) is 4.90 Å². The minimum Gasteiger partial charge on any atom is -0.463 e. The maximum absolute atomic E-state index is 13.8. The van der Waals surface area contributed by atoms with E-state index in [1.165, 1.54) is 20.8 Å². The Bertz CT molecular complexity index is 3260. The van der Waals surface area contributed by atoms with E-state index in [9.17, 15) is 91.4 Å². The second-order valence-electron chi connectivity index (χ2n) is 27.4. The molecule has 2 saturated heterocycles. The van der Waals surface area contributed by atoms with Crippen LogP contribution in [0.25, 0.3) is 0 Å². The van der Waals surface area contributed by atoms with E-state index in [0.717, 1.165) is 69.2 Å². The Morgan fingerprint density at radius 2 is 0.761 bits per heavy atom. The van der Waals surface area contributed by atoms with Gasteiger partial charge in [0.25, 0.3) is 0 Å². The van der Waals surface area contributed by atoms with Crippen molar-refractivity contribution in [2.45, 2.75) is 265 Å². The number of ether oxygens (including phenoxy) is 14. The molecule has 2 rings (SSSR count). The summed E-state index contributed by atoms with van der Waals surface area (Å²) in [5.74, 6) is -10.9. The van der Waals surface area contributed by atoms with Crippen molar-refractivity contribution in [2.75, 3.05) is 98.5 Å². The normalized spacial score (nSPS) is 20.0. The Morgan fingerprint density at radius 1 is 0.385 bits per heavy atom. The zero-order chi connectivity index (χ0) is 87.7. The molecule has 43 heteroatoms. The number of hydrogen-bond donors (Lipinski definition) is 10. The van der Waals surface area contributed by atoms with Crippen LogP contribution >= 0.6 is 0 Å². The topological polar surface area (TPSA) is 568 Å². The second kappa shape index (κ2) is 57.3. The number of aliphatic hydroxyl groups is 1. The van der Waals surface area contributed by atoms with Crippen LogP contribution < -0.4 is 47.9 Å². The molecule has 117 heavy (non-hydrogen) atoms. The van der Waals surface area contributed by atoms with E-state index in [1.807, 2.05) is 0 Å². The lowest BCUT2D eigenvalue weighted by molar-refractivity contribution is -0.277. The predicted molar refractivity (Wildman–Crippen MR) is 401 cm³/mol. The van der Waals surface area contributed by atoms with Crippen LogP contribution in [0.3, 0.4) is 0 Å². The number of amides is 9. The fourth-order valence-corrected chi connectivity index (χ4v) is 11.9. The van der Waals surface area contributed by atoms with Gasteiger partial charge in [0.15, 0.2) is 49.2 Å². The number of carbonyl (C=O) groups is 18. The molecule has 9 amide bonds. The zero-order valence-electron chi connectivity index (χ0n) is 68.9. The standard InChI is InChI=1S/C74H120N10O33/c1-42(64(81-43(2)85)70(113-52(11)94)67(110-49(8)91)55(97)39-107-46(5)88)104-37-25-61(101)77-30-15-22-59(99)80-33-20-35-84(63(103)24-16-31-78-62(102)26-38-106-74-66(83-45(4)87)72(115-54(13)96)69(112-51(10)93)57(117-74)41-109-48(7)90)34-19-28-75-27-18-32-79-58(98)21-14-29-76-60(100)23-17-36-105-73-65(82-44(3)86)71(114-53(12)95)68(111-50(9)92)56(116-73)40-108-47(6)89/h42,55-57,64-75,97H,14-41H2,1-13H3,(H,76,100)(H,77,101)(H,78,102)(H,79,98)(H,80,99)(H,81,85)(H,82,86)(H,83,87)/t42-,55?,56?,57?,64?,65?,66?,67+,68+,69+,70-,71-,72-,73-,74-/m1/s1. The maximum Gasteiger partial charge on any atom is 0.303 e. The molecule has 0 spiro atoms. The van der Waals surface area contributed by atoms with Crippen LogP contribution in [-0.4, -0.2) is 307 Å². The number of carbonyl (C=O) groups excluding carboxylic acids is 18. The molecule has 6 unspecified atom stereocenters. The van der Waals surface area contributed by atoms with E-state index in [-0.39, 0.29) is 134 Å². The van der Waals surface area contributed by atoms with Crippen molar-refractivity contribution < 1.29 is 158 Å². The molecule has 2 heterocycles. The highest BCUT2D eigenvalue weighted by Crippen LogP contribution is 2.30. The molecule has 2 fully saturated rings. The molecule has 2 aliphatic rings. The summed E-state index contributed by atoms with van der Waals surface area (Å²) in [5.41, 5.74) is 0. The Labute approximate surface area is 678 Å². The van der Waals surface area contributed by atoms with Gasteiger partial charge in [-0.2, -0.15) is 0 Å². The number of rotatable bonds is 56. The van der Waals surface area contributed by atoms with Crippen LogP contribution in [-0.2, 0) is 153 Å². The number of hydrogen-bond acceptors (Lipinski definition) is 34. The zero-order valence-corrected chi connectivity index (χ0v) is 68.9. The summed E-state index contributed by atoms with van der Waals surface area (Å²) in [6, 6.07) is -3.70. The van der Waals surface area contributed by atoms with Gasteiger partial charge in [0, 0.05) is 161 Å². The highest BCUT2D eigenvalue weighted by atomic mass is 16.7. The average Bonchev–Trinajstić information content (AvgIpc) is 0.792. The van der Waals surface area contributed by atoms with Crippen LogP contribution in [0.15, 0.2) is 0 Å². The lowest BCUT2D eigenvalue weighted by Gasteiger charge is -2.44. The maximum atomic E-state index is 13.8. The van der Waals surface area contributed by atoms with Gasteiger partial charge >= 0.3 is 53.7 Å². The molecule has 0 bridgehead atoms. The van der Waals surface area contributed by atoms with Gasteiger partial charge in [-0.05, 0) is 65.0 Å². The molecule has 0 saturated carbocycles. The molecule has 664 valence electrons. The second-order valence-corrected chi connectivity index (χ2v) is 27.4. The van der Waals surface area contributed by atoms with Crippen molar-refractivity contribution in [3.8, 4) is 0 Å². The van der Waals surface area contributed by atoms with Crippen LogP contribution in [0.4, 0.5) is 0 Å². The molecule has 10 N–H and O–H groups in total. The van der Waals surface area contributed by atoms with Gasteiger partial charge in [-0.15, -0.1) is 0 Å². The van der Waals surface area contributed by atoms with E-state index in [0.29, 0.717) is 51.9 Å². The third kappa shape index (κ3) is 45.5. The van der Waals surface area contributed by atoms with Gasteiger partial charge in [0.05, 0.1) is 38.4 Å². The number of nitrogens with one attached hydrogen (secondary N) is 9. The third-order valence-corrected chi connectivity index (χ3v) is 16.9. The molecule has 0 aromatic carbocycles. The predicted octanol–water partition coefficient (Wildman–Crippen LogP) is -2.90. The summed E-state index contributed by atoms with van der Waals surface area (Å²) in [6.45, 7) is 15.1. The van der Waals surface area contributed by atoms with Crippen LogP contribution in [0.1, 0.15) is 173 Å². The smallest absolute Gasteiger partial charge is 0.303 e. The third-order valence-electron chi connectivity index (χ3n) is 16.9. The molecule has 43 nitrogen and oxygen atoms in total. The van der Waals surface area contributed by atoms with Crippen LogP contribution in [0.5, 0.6) is 0 Å². The summed E-state index contributed by atoms with van der Waals surface area (Å²) in [6.07, 6.45) is -14.4. The molecular formula is C74H120N10O33. The van der Waals surface area contributed by atoms with Crippen LogP contribution in [0.2, 0.25) is 0 Å².